The lowest BCUT2D eigenvalue weighted by Crippen LogP contribution is -2.60. The number of anilines is 2. The number of benzene rings is 2. The average Bonchev–Trinajstić information content (AvgIpc) is 3.00. The second-order valence-corrected chi connectivity index (χ2v) is 12.1. The van der Waals surface area contributed by atoms with Crippen LogP contribution in [0.15, 0.2) is 54.7 Å². The summed E-state index contributed by atoms with van der Waals surface area (Å²) in [5.74, 6) is -1.29. The summed E-state index contributed by atoms with van der Waals surface area (Å²) in [4.78, 5) is 61.9. The number of nitrogens with one attached hydrogen (secondary N) is 1. The Hall–Kier alpha value is -4.47. The third kappa shape index (κ3) is 6.07. The maximum atomic E-state index is 14.5. The summed E-state index contributed by atoms with van der Waals surface area (Å²) in [6.45, 7) is 11.0. The van der Waals surface area contributed by atoms with Crippen molar-refractivity contribution in [1.29, 1.82) is 0 Å². The molecule has 2 N–H and O–H groups in total. The van der Waals surface area contributed by atoms with Crippen molar-refractivity contribution < 1.29 is 24.3 Å². The zero-order valence-electron chi connectivity index (χ0n) is 25.2. The molecule has 0 fully saturated rings. The number of para-hydroxylation sites is 3. The molecule has 0 saturated carbocycles. The Labute approximate surface area is 246 Å². The molecule has 0 saturated heterocycles. The molecule has 4 amide bonds. The Bertz CT molecular complexity index is 1530. The number of amides is 4. The lowest BCUT2D eigenvalue weighted by atomic mass is 9.87. The molecule has 0 bridgehead atoms. The van der Waals surface area contributed by atoms with E-state index in [9.17, 15) is 24.3 Å². The van der Waals surface area contributed by atoms with Crippen molar-refractivity contribution in [3.63, 3.8) is 0 Å². The van der Waals surface area contributed by atoms with E-state index in [2.05, 4.69) is 10.3 Å². The highest BCUT2D eigenvalue weighted by molar-refractivity contribution is 6.08. The molecule has 2 aromatic carbocycles. The molecule has 222 valence electrons. The van der Waals surface area contributed by atoms with Crippen molar-refractivity contribution in [2.75, 3.05) is 16.8 Å². The van der Waals surface area contributed by atoms with Gasteiger partial charge in [0.05, 0.1) is 29.5 Å². The zero-order valence-corrected chi connectivity index (χ0v) is 25.2. The van der Waals surface area contributed by atoms with Crippen LogP contribution in [0.2, 0.25) is 0 Å². The van der Waals surface area contributed by atoms with Crippen molar-refractivity contribution in [3.05, 3.63) is 65.9 Å². The van der Waals surface area contributed by atoms with Gasteiger partial charge in [-0.1, -0.05) is 51.1 Å². The van der Waals surface area contributed by atoms with Gasteiger partial charge in [0.2, 0.25) is 11.8 Å². The molecule has 1 aliphatic heterocycles. The van der Waals surface area contributed by atoms with Crippen LogP contribution in [0.5, 0.6) is 0 Å². The molecule has 4 rings (SSSR count). The van der Waals surface area contributed by atoms with E-state index in [1.807, 2.05) is 52.0 Å². The Kier molecular flexibility index (Phi) is 8.56. The number of carboxylic acid groups (broad SMARTS) is 1. The number of aryl methyl sites for hydroxylation is 1. The first kappa shape index (κ1) is 30.5. The van der Waals surface area contributed by atoms with Gasteiger partial charge in [-0.25, -0.2) is 4.79 Å². The largest absolute Gasteiger partial charge is 0.465 e. The smallest absolute Gasteiger partial charge is 0.407 e. The van der Waals surface area contributed by atoms with Gasteiger partial charge in [0.1, 0.15) is 12.1 Å². The summed E-state index contributed by atoms with van der Waals surface area (Å²) in [5, 5.41) is 13.5. The number of hydrogen-bond donors (Lipinski definition) is 2. The fraction of sp³-hybridized carbons (Fsp3) is 0.406. The quantitative estimate of drug-likeness (QED) is 0.440. The number of carbonyl (C=O) groups excluding carboxylic acids is 3. The molecule has 0 unspecified atom stereocenters. The Balaban J connectivity index is 1.83. The van der Waals surface area contributed by atoms with Crippen LogP contribution in [0, 0.1) is 12.3 Å². The van der Waals surface area contributed by atoms with Gasteiger partial charge in [-0.05, 0) is 55.0 Å². The van der Waals surface area contributed by atoms with Gasteiger partial charge < -0.3 is 20.2 Å². The van der Waals surface area contributed by atoms with Crippen LogP contribution in [0.1, 0.15) is 52.2 Å². The van der Waals surface area contributed by atoms with Crippen LogP contribution < -0.4 is 15.1 Å². The summed E-state index contributed by atoms with van der Waals surface area (Å²) in [6.07, 6.45) is 0.757. The van der Waals surface area contributed by atoms with Crippen molar-refractivity contribution in [2.45, 2.75) is 72.6 Å². The highest BCUT2D eigenvalue weighted by Crippen LogP contribution is 2.37. The van der Waals surface area contributed by atoms with Crippen LogP contribution in [0.25, 0.3) is 10.9 Å². The van der Waals surface area contributed by atoms with Crippen LogP contribution in [-0.4, -0.2) is 64.0 Å². The minimum absolute atomic E-state index is 0.177. The van der Waals surface area contributed by atoms with Crippen LogP contribution in [0.3, 0.4) is 0 Å². The zero-order chi connectivity index (χ0) is 30.9. The minimum atomic E-state index is -1.25. The fourth-order valence-corrected chi connectivity index (χ4v) is 5.59. The number of aromatic nitrogens is 1. The number of carbonyl (C=O) groups is 4. The normalized spacial score (nSPS) is 17.8. The maximum absolute atomic E-state index is 14.5. The molecule has 0 radical (unpaired) electrons. The van der Waals surface area contributed by atoms with Crippen molar-refractivity contribution in [2.24, 2.45) is 5.41 Å². The number of pyridine rings is 1. The molecule has 3 atom stereocenters. The summed E-state index contributed by atoms with van der Waals surface area (Å²) < 4.78 is 0. The topological polar surface area (TPSA) is 123 Å². The predicted molar refractivity (Wildman–Crippen MR) is 162 cm³/mol. The summed E-state index contributed by atoms with van der Waals surface area (Å²) in [5.41, 5.74) is 3.29. The van der Waals surface area contributed by atoms with Gasteiger partial charge in [0.25, 0.3) is 5.91 Å². The SMILES string of the molecule is CC(=O)N1c2ccccc2N(Cc2c(C)cnc3ccccc23)C(=O)[C@@H](NC(=O)[C@H](CC(C)(C)C)N(C)C(=O)O)[C@@H]1C. The van der Waals surface area contributed by atoms with Gasteiger partial charge in [-0.3, -0.25) is 24.3 Å². The van der Waals surface area contributed by atoms with E-state index in [-0.39, 0.29) is 24.3 Å². The lowest BCUT2D eigenvalue weighted by molar-refractivity contribution is -0.131. The molecular weight excluding hydrogens is 534 g/mol. The van der Waals surface area contributed by atoms with E-state index in [0.717, 1.165) is 26.9 Å². The van der Waals surface area contributed by atoms with Gasteiger partial charge in [0, 0.05) is 25.6 Å². The first-order valence-corrected chi connectivity index (χ1v) is 14.0. The van der Waals surface area contributed by atoms with Gasteiger partial charge >= 0.3 is 6.09 Å². The molecule has 0 spiro atoms. The molecule has 1 aliphatic rings. The number of hydrogen-bond acceptors (Lipinski definition) is 5. The van der Waals surface area contributed by atoms with Gasteiger partial charge in [-0.2, -0.15) is 0 Å². The van der Waals surface area contributed by atoms with E-state index in [4.69, 9.17) is 0 Å². The molecule has 0 aliphatic carbocycles. The minimum Gasteiger partial charge on any atom is -0.465 e. The Morgan fingerprint density at radius 3 is 2.31 bits per heavy atom. The lowest BCUT2D eigenvalue weighted by Gasteiger charge is -2.35. The van der Waals surface area contributed by atoms with Crippen molar-refractivity contribution in [1.82, 2.24) is 15.2 Å². The molecule has 42 heavy (non-hydrogen) atoms. The number of nitrogens with zero attached hydrogens (tertiary/aromatic N) is 4. The van der Waals surface area contributed by atoms with E-state index >= 15 is 0 Å². The third-order valence-electron chi connectivity index (χ3n) is 7.79. The second-order valence-electron chi connectivity index (χ2n) is 12.1. The van der Waals surface area contributed by atoms with Crippen LogP contribution in [-0.2, 0) is 20.9 Å². The molecule has 10 nitrogen and oxygen atoms in total. The number of fused-ring (bicyclic) bond motifs is 2. The van der Waals surface area contributed by atoms with Gasteiger partial charge in [0.15, 0.2) is 0 Å². The Morgan fingerprint density at radius 2 is 1.69 bits per heavy atom. The monoisotopic (exact) mass is 573 g/mol. The molecular formula is C32H39N5O5. The average molecular weight is 574 g/mol. The highest BCUT2D eigenvalue weighted by Gasteiger charge is 2.43. The number of rotatable bonds is 6. The highest BCUT2D eigenvalue weighted by atomic mass is 16.4. The summed E-state index contributed by atoms with van der Waals surface area (Å²) >= 11 is 0. The van der Waals surface area contributed by atoms with Crippen molar-refractivity contribution in [3.8, 4) is 0 Å². The number of likely N-dealkylation sites (N-methyl/N-ethyl adjacent to an activating group) is 1. The fourth-order valence-electron chi connectivity index (χ4n) is 5.59. The Morgan fingerprint density at radius 1 is 1.07 bits per heavy atom. The first-order chi connectivity index (χ1) is 19.7. The first-order valence-electron chi connectivity index (χ1n) is 14.0. The summed E-state index contributed by atoms with van der Waals surface area (Å²) in [6, 6.07) is 11.9. The molecule has 2 heterocycles. The molecule has 1 aromatic heterocycles. The molecule has 3 aromatic rings. The summed E-state index contributed by atoms with van der Waals surface area (Å²) in [7, 11) is 1.35. The van der Waals surface area contributed by atoms with Crippen LogP contribution in [0.4, 0.5) is 16.2 Å². The second kappa shape index (κ2) is 11.8. The van der Waals surface area contributed by atoms with Crippen LogP contribution >= 0.6 is 0 Å². The van der Waals surface area contributed by atoms with E-state index in [1.54, 1.807) is 42.3 Å². The van der Waals surface area contributed by atoms with E-state index in [1.165, 1.54) is 18.9 Å². The molecule has 10 heteroatoms. The van der Waals surface area contributed by atoms with Crippen molar-refractivity contribution >= 4 is 46.1 Å². The predicted octanol–water partition coefficient (Wildman–Crippen LogP) is 4.73. The van der Waals surface area contributed by atoms with Gasteiger partial charge in [-0.15, -0.1) is 0 Å². The van der Waals surface area contributed by atoms with E-state index in [0.29, 0.717) is 11.4 Å². The van der Waals surface area contributed by atoms with E-state index < -0.39 is 36.0 Å². The standard InChI is InChI=1S/C32H39N5O5/c1-19-17-33-24-13-9-8-12-22(24)23(19)18-36-25-14-10-11-15-26(25)37(21(3)38)20(2)28(30(36)40)34-29(39)27(16-32(4,5)6)35(7)31(41)42/h8-15,17,20,27-28H,16,18H2,1-7H3,(H,34,39)(H,41,42)/t20-,27-,28-/m0/s1. The maximum Gasteiger partial charge on any atom is 0.407 e. The third-order valence-corrected chi connectivity index (χ3v) is 7.79.